The van der Waals surface area contributed by atoms with Gasteiger partial charge in [0.05, 0.1) is 12.2 Å². The fraction of sp³-hybridized carbons (Fsp3) is 0.759. The number of Topliss-reactive ketones (excluding diaryl/α,β-unsaturated/α-hetero) is 1. The molecule has 0 bridgehead atoms. The second-order valence-corrected chi connectivity index (χ2v) is 12.4. The van der Waals surface area contributed by atoms with Gasteiger partial charge in [-0.3, -0.25) is 4.79 Å². The van der Waals surface area contributed by atoms with Crippen molar-refractivity contribution >= 4 is 5.78 Å². The van der Waals surface area contributed by atoms with Crippen molar-refractivity contribution < 1.29 is 15.0 Å². The quantitative estimate of drug-likeness (QED) is 0.593. The lowest BCUT2D eigenvalue weighted by Crippen LogP contribution is -2.54. The zero-order valence-corrected chi connectivity index (χ0v) is 20.7. The molecule has 1 aromatic rings. The number of aliphatic hydroxyl groups excluding tert-OH is 2. The standard InChI is InChI=1S/C29H43NO3/c1-18(26(32)19-7-5-4-6-8-19)30-17-20-15-25-23-10-9-21-16-22(31)11-13-28(21,2)24(23)12-14-29(25,3)27(20)33/h4-8,18,20-26,30-32H,9-17H2,1-3H3. The largest absolute Gasteiger partial charge is 0.393 e. The summed E-state index contributed by atoms with van der Waals surface area (Å²) in [5.41, 5.74) is 1.09. The topological polar surface area (TPSA) is 69.6 Å². The van der Waals surface area contributed by atoms with Crippen molar-refractivity contribution in [2.24, 2.45) is 40.4 Å². The molecule has 1 aromatic carbocycles. The third-order valence-electron chi connectivity index (χ3n) is 10.8. The van der Waals surface area contributed by atoms with E-state index in [9.17, 15) is 15.0 Å². The SMILES string of the molecule is CC(NCC1CC2C3CCC4CC(O)CCC4(C)C3CCC2(C)C1=O)C(O)c1ccccc1. The van der Waals surface area contributed by atoms with Crippen LogP contribution in [-0.4, -0.2) is 34.7 Å². The Morgan fingerprint density at radius 3 is 2.55 bits per heavy atom. The Kier molecular flexibility index (Phi) is 6.25. The summed E-state index contributed by atoms with van der Waals surface area (Å²) in [7, 11) is 0. The highest BCUT2D eigenvalue weighted by molar-refractivity contribution is 5.89. The van der Waals surface area contributed by atoms with E-state index in [4.69, 9.17) is 0 Å². The van der Waals surface area contributed by atoms with Crippen molar-refractivity contribution in [3.63, 3.8) is 0 Å². The molecule has 0 heterocycles. The lowest BCUT2D eigenvalue weighted by atomic mass is 9.45. The summed E-state index contributed by atoms with van der Waals surface area (Å²) < 4.78 is 0. The third-order valence-corrected chi connectivity index (χ3v) is 10.8. The Morgan fingerprint density at radius 2 is 1.79 bits per heavy atom. The first-order valence-corrected chi connectivity index (χ1v) is 13.4. The molecule has 0 aromatic heterocycles. The molecule has 4 fully saturated rings. The Bertz CT molecular complexity index is 858. The van der Waals surface area contributed by atoms with Gasteiger partial charge >= 0.3 is 0 Å². The molecule has 4 aliphatic carbocycles. The Hall–Kier alpha value is -1.23. The fourth-order valence-electron chi connectivity index (χ4n) is 8.73. The minimum atomic E-state index is -0.568. The highest BCUT2D eigenvalue weighted by atomic mass is 16.3. The Morgan fingerprint density at radius 1 is 1.03 bits per heavy atom. The van der Waals surface area contributed by atoms with Gasteiger partial charge < -0.3 is 15.5 Å². The van der Waals surface area contributed by atoms with Crippen LogP contribution in [0.1, 0.15) is 83.8 Å². The first-order valence-electron chi connectivity index (χ1n) is 13.4. The Labute approximate surface area is 199 Å². The van der Waals surface area contributed by atoms with Crippen molar-refractivity contribution in [2.45, 2.75) is 90.4 Å². The van der Waals surface area contributed by atoms with E-state index in [-0.39, 0.29) is 23.5 Å². The summed E-state index contributed by atoms with van der Waals surface area (Å²) in [5, 5.41) is 24.5. The second-order valence-electron chi connectivity index (χ2n) is 12.4. The van der Waals surface area contributed by atoms with Crippen LogP contribution in [0.4, 0.5) is 0 Å². The van der Waals surface area contributed by atoms with Gasteiger partial charge in [-0.1, -0.05) is 44.2 Å². The number of ketones is 1. The number of aliphatic hydroxyl groups is 2. The average molecular weight is 454 g/mol. The van der Waals surface area contributed by atoms with E-state index in [2.05, 4.69) is 19.2 Å². The number of nitrogens with one attached hydrogen (secondary N) is 1. The highest BCUT2D eigenvalue weighted by Gasteiger charge is 2.62. The van der Waals surface area contributed by atoms with Gasteiger partial charge in [-0.2, -0.15) is 0 Å². The van der Waals surface area contributed by atoms with Crippen LogP contribution < -0.4 is 5.32 Å². The molecule has 182 valence electrons. The van der Waals surface area contributed by atoms with E-state index in [1.807, 2.05) is 37.3 Å². The first-order chi connectivity index (χ1) is 15.7. The first kappa shape index (κ1) is 23.5. The molecule has 3 N–H and O–H groups in total. The Balaban J connectivity index is 1.27. The lowest BCUT2D eigenvalue weighted by Gasteiger charge is -2.60. The van der Waals surface area contributed by atoms with Crippen LogP contribution in [0, 0.1) is 40.4 Å². The number of benzene rings is 1. The van der Waals surface area contributed by atoms with Crippen LogP contribution in [0.2, 0.25) is 0 Å². The molecule has 4 heteroatoms. The van der Waals surface area contributed by atoms with Crippen LogP contribution in [0.5, 0.6) is 0 Å². The molecule has 5 rings (SSSR count). The molecule has 0 saturated heterocycles. The zero-order chi connectivity index (χ0) is 23.4. The lowest BCUT2D eigenvalue weighted by molar-refractivity contribution is -0.143. The number of hydrogen-bond donors (Lipinski definition) is 3. The number of rotatable bonds is 5. The van der Waals surface area contributed by atoms with Crippen molar-refractivity contribution in [3.05, 3.63) is 35.9 Å². The molecule has 4 aliphatic rings. The summed E-state index contributed by atoms with van der Waals surface area (Å²) in [4.78, 5) is 13.7. The summed E-state index contributed by atoms with van der Waals surface area (Å²) in [6.45, 7) is 7.45. The van der Waals surface area contributed by atoms with Crippen LogP contribution in [0.15, 0.2) is 30.3 Å². The van der Waals surface area contributed by atoms with Crippen molar-refractivity contribution in [3.8, 4) is 0 Å². The van der Waals surface area contributed by atoms with E-state index in [0.717, 1.165) is 37.7 Å². The normalized spacial score (nSPS) is 44.5. The average Bonchev–Trinajstić information content (AvgIpc) is 3.08. The van der Waals surface area contributed by atoms with Crippen molar-refractivity contribution in [2.75, 3.05) is 6.54 Å². The van der Waals surface area contributed by atoms with E-state index >= 15 is 0 Å². The van der Waals surface area contributed by atoms with E-state index < -0.39 is 6.10 Å². The molecule has 0 radical (unpaired) electrons. The molecule has 4 nitrogen and oxygen atoms in total. The van der Waals surface area contributed by atoms with Gasteiger partial charge in [0.25, 0.3) is 0 Å². The third kappa shape index (κ3) is 3.90. The number of hydrogen-bond acceptors (Lipinski definition) is 4. The molecule has 10 atom stereocenters. The van der Waals surface area contributed by atoms with Gasteiger partial charge in [0.15, 0.2) is 0 Å². The van der Waals surface area contributed by atoms with Gasteiger partial charge in [0.2, 0.25) is 0 Å². The second kappa shape index (κ2) is 8.77. The molecule has 0 amide bonds. The van der Waals surface area contributed by atoms with Crippen LogP contribution in [0.25, 0.3) is 0 Å². The van der Waals surface area contributed by atoms with Crippen LogP contribution in [0.3, 0.4) is 0 Å². The van der Waals surface area contributed by atoms with E-state index in [1.54, 1.807) is 0 Å². The molecule has 0 spiro atoms. The molecule has 33 heavy (non-hydrogen) atoms. The summed E-state index contributed by atoms with van der Waals surface area (Å²) in [6, 6.07) is 9.70. The maximum Gasteiger partial charge on any atom is 0.143 e. The number of carbonyl (C=O) groups excluding carboxylic acids is 1. The van der Waals surface area contributed by atoms with Gasteiger partial charge in [-0.05, 0) is 92.9 Å². The summed E-state index contributed by atoms with van der Waals surface area (Å²) in [5.74, 6) is 3.03. The van der Waals surface area contributed by atoms with Gasteiger partial charge in [0.1, 0.15) is 5.78 Å². The highest BCUT2D eigenvalue weighted by Crippen LogP contribution is 2.66. The monoisotopic (exact) mass is 453 g/mol. The minimum Gasteiger partial charge on any atom is -0.393 e. The van der Waals surface area contributed by atoms with Crippen LogP contribution >= 0.6 is 0 Å². The number of fused-ring (bicyclic) bond motifs is 5. The smallest absolute Gasteiger partial charge is 0.143 e. The number of carbonyl (C=O) groups is 1. The maximum atomic E-state index is 13.7. The fourth-order valence-corrected chi connectivity index (χ4v) is 8.73. The van der Waals surface area contributed by atoms with Gasteiger partial charge in [-0.15, -0.1) is 0 Å². The zero-order valence-electron chi connectivity index (χ0n) is 20.7. The maximum absolute atomic E-state index is 13.7. The van der Waals surface area contributed by atoms with Crippen molar-refractivity contribution in [1.29, 1.82) is 0 Å². The molecular formula is C29H43NO3. The minimum absolute atomic E-state index is 0.0582. The van der Waals surface area contributed by atoms with Crippen LogP contribution in [-0.2, 0) is 4.79 Å². The van der Waals surface area contributed by atoms with E-state index in [0.29, 0.717) is 41.4 Å². The molecule has 4 saturated carbocycles. The molecular weight excluding hydrogens is 410 g/mol. The predicted octanol–water partition coefficient (Wildman–Crippen LogP) is 4.90. The van der Waals surface area contributed by atoms with Crippen molar-refractivity contribution in [1.82, 2.24) is 5.32 Å². The molecule has 10 unspecified atom stereocenters. The van der Waals surface area contributed by atoms with Gasteiger partial charge in [-0.25, -0.2) is 0 Å². The summed E-state index contributed by atoms with van der Waals surface area (Å²) >= 11 is 0. The predicted molar refractivity (Wildman–Crippen MR) is 130 cm³/mol. The summed E-state index contributed by atoms with van der Waals surface area (Å²) in [6.07, 6.45) is 8.06. The van der Waals surface area contributed by atoms with E-state index in [1.165, 1.54) is 19.3 Å². The molecule has 0 aliphatic heterocycles. The van der Waals surface area contributed by atoms with Gasteiger partial charge in [0, 0.05) is 23.9 Å².